The van der Waals surface area contributed by atoms with Crippen molar-refractivity contribution < 1.29 is 4.79 Å². The lowest BCUT2D eigenvalue weighted by Crippen LogP contribution is -2.29. The summed E-state index contributed by atoms with van der Waals surface area (Å²) in [6, 6.07) is 6.27. The molecule has 0 aliphatic carbocycles. The first-order chi connectivity index (χ1) is 13.5. The third kappa shape index (κ3) is 9.60. The van der Waals surface area contributed by atoms with Crippen molar-refractivity contribution in [1.82, 2.24) is 0 Å². The average molecular weight is 425 g/mol. The van der Waals surface area contributed by atoms with Crippen LogP contribution in [0.3, 0.4) is 0 Å². The summed E-state index contributed by atoms with van der Waals surface area (Å²) in [5.41, 5.74) is 7.12. The van der Waals surface area contributed by atoms with Crippen molar-refractivity contribution in [1.29, 1.82) is 0 Å². The molecule has 1 rings (SSSR count). The van der Waals surface area contributed by atoms with Gasteiger partial charge in [0.1, 0.15) is 0 Å². The van der Waals surface area contributed by atoms with Crippen LogP contribution in [-0.4, -0.2) is 30.2 Å². The number of primary amides is 1. The van der Waals surface area contributed by atoms with Crippen molar-refractivity contribution in [2.24, 2.45) is 11.7 Å². The van der Waals surface area contributed by atoms with Crippen LogP contribution in [-0.2, 0) is 0 Å². The molecule has 0 spiro atoms. The summed E-state index contributed by atoms with van der Waals surface area (Å²) < 4.78 is 0. The first-order valence-corrected chi connectivity index (χ1v) is 13.4. The summed E-state index contributed by atoms with van der Waals surface area (Å²) in [7, 11) is 0. The molecule has 0 aliphatic rings. The van der Waals surface area contributed by atoms with Crippen LogP contribution in [0.2, 0.25) is 0 Å². The minimum atomic E-state index is -0.360. The molecule has 0 radical (unpaired) electrons. The first-order valence-electron chi connectivity index (χ1n) is 10.8. The number of rotatable bonds is 16. The summed E-state index contributed by atoms with van der Waals surface area (Å²) in [6.07, 6.45) is 15.8. The first kappa shape index (κ1) is 25.2. The SMILES string of the molecule is CCCCCCCCC[C@@H](Nc1cc(SC)ccc1C(N)=O)C(C)CCSC. The average Bonchev–Trinajstić information content (AvgIpc) is 2.69. The van der Waals surface area contributed by atoms with Gasteiger partial charge in [0.2, 0.25) is 0 Å². The van der Waals surface area contributed by atoms with E-state index in [1.54, 1.807) is 11.8 Å². The molecule has 0 bridgehead atoms. The molecule has 0 heterocycles. The Bertz CT molecular complexity index is 566. The molecule has 1 aromatic carbocycles. The van der Waals surface area contributed by atoms with Gasteiger partial charge < -0.3 is 11.1 Å². The van der Waals surface area contributed by atoms with Gasteiger partial charge in [-0.1, -0.05) is 58.8 Å². The van der Waals surface area contributed by atoms with Crippen LogP contribution in [0.5, 0.6) is 0 Å². The number of nitrogens with two attached hydrogens (primary N) is 1. The van der Waals surface area contributed by atoms with Crippen molar-refractivity contribution in [2.75, 3.05) is 23.6 Å². The van der Waals surface area contributed by atoms with Gasteiger partial charge >= 0.3 is 0 Å². The number of carbonyl (C=O) groups excluding carboxylic acids is 1. The van der Waals surface area contributed by atoms with E-state index in [2.05, 4.69) is 37.7 Å². The minimum Gasteiger partial charge on any atom is -0.381 e. The number of hydrogen-bond acceptors (Lipinski definition) is 4. The number of anilines is 1. The molecule has 2 atom stereocenters. The molecule has 0 fully saturated rings. The van der Waals surface area contributed by atoms with Gasteiger partial charge in [-0.25, -0.2) is 0 Å². The highest BCUT2D eigenvalue weighted by Gasteiger charge is 2.19. The van der Waals surface area contributed by atoms with E-state index in [0.717, 1.165) is 17.0 Å². The van der Waals surface area contributed by atoms with Crippen LogP contribution in [0.1, 0.15) is 82.0 Å². The maximum Gasteiger partial charge on any atom is 0.250 e. The Morgan fingerprint density at radius 3 is 2.36 bits per heavy atom. The van der Waals surface area contributed by atoms with E-state index in [-0.39, 0.29) is 5.91 Å². The molecular formula is C23H40N2OS2. The Hall–Kier alpha value is -0.810. The Balaban J connectivity index is 2.75. The fourth-order valence-electron chi connectivity index (χ4n) is 3.51. The lowest BCUT2D eigenvalue weighted by Gasteiger charge is -2.27. The molecule has 160 valence electrons. The quantitative estimate of drug-likeness (QED) is 0.226. The van der Waals surface area contributed by atoms with Crippen LogP contribution in [0, 0.1) is 5.92 Å². The Morgan fingerprint density at radius 1 is 1.07 bits per heavy atom. The van der Waals surface area contributed by atoms with Gasteiger partial charge in [-0.05, 0) is 55.2 Å². The van der Waals surface area contributed by atoms with Gasteiger partial charge in [0.15, 0.2) is 0 Å². The second-order valence-electron chi connectivity index (χ2n) is 7.70. The molecule has 0 saturated carbocycles. The van der Waals surface area contributed by atoms with Crippen LogP contribution in [0.15, 0.2) is 23.1 Å². The molecule has 3 nitrogen and oxygen atoms in total. The standard InChI is InChI=1S/C23H40N2OS2/c1-5-6-7-8-9-10-11-12-21(18(2)15-16-27-3)25-22-17-19(28-4)13-14-20(22)23(24)26/h13-14,17-18,21,25H,5-12,15-16H2,1-4H3,(H2,24,26)/t18?,21-/m1/s1. The monoisotopic (exact) mass is 424 g/mol. The van der Waals surface area contributed by atoms with Gasteiger partial charge in [0.25, 0.3) is 5.91 Å². The van der Waals surface area contributed by atoms with Gasteiger partial charge in [0.05, 0.1) is 5.56 Å². The van der Waals surface area contributed by atoms with Crippen LogP contribution in [0.4, 0.5) is 5.69 Å². The Labute approximate surface area is 181 Å². The predicted octanol–water partition coefficient (Wildman–Crippen LogP) is 6.82. The topological polar surface area (TPSA) is 55.1 Å². The number of amides is 1. The fraction of sp³-hybridized carbons (Fsp3) is 0.696. The number of hydrogen-bond donors (Lipinski definition) is 2. The molecule has 5 heteroatoms. The van der Waals surface area contributed by atoms with Crippen molar-refractivity contribution in [3.63, 3.8) is 0 Å². The van der Waals surface area contributed by atoms with E-state index in [1.165, 1.54) is 57.1 Å². The fourth-order valence-corrected chi connectivity index (χ4v) is 4.56. The number of thioether (sulfide) groups is 2. The van der Waals surface area contributed by atoms with Gasteiger partial charge in [-0.2, -0.15) is 11.8 Å². The molecule has 1 aromatic rings. The summed E-state index contributed by atoms with van der Waals surface area (Å²) in [6.45, 7) is 4.59. The van der Waals surface area contributed by atoms with Gasteiger partial charge in [0, 0.05) is 16.6 Å². The van der Waals surface area contributed by atoms with Crippen molar-refractivity contribution in [3.05, 3.63) is 23.8 Å². The molecule has 0 saturated heterocycles. The smallest absolute Gasteiger partial charge is 0.250 e. The summed E-state index contributed by atoms with van der Waals surface area (Å²) in [4.78, 5) is 13.1. The number of carbonyl (C=O) groups is 1. The van der Waals surface area contributed by atoms with Crippen LogP contribution >= 0.6 is 23.5 Å². The third-order valence-electron chi connectivity index (χ3n) is 5.42. The third-order valence-corrected chi connectivity index (χ3v) is 6.79. The van der Waals surface area contributed by atoms with E-state index in [9.17, 15) is 4.79 Å². The zero-order valence-corrected chi connectivity index (χ0v) is 19.9. The van der Waals surface area contributed by atoms with Gasteiger partial charge in [-0.15, -0.1) is 11.8 Å². The van der Waals surface area contributed by atoms with Gasteiger partial charge in [-0.3, -0.25) is 4.79 Å². The zero-order chi connectivity index (χ0) is 20.8. The number of unbranched alkanes of at least 4 members (excludes halogenated alkanes) is 6. The summed E-state index contributed by atoms with van der Waals surface area (Å²) in [5.74, 6) is 1.37. The molecule has 1 unspecified atom stereocenters. The highest BCUT2D eigenvalue weighted by molar-refractivity contribution is 7.98. The van der Waals surface area contributed by atoms with Crippen molar-refractivity contribution in [3.8, 4) is 0 Å². The zero-order valence-electron chi connectivity index (χ0n) is 18.3. The lowest BCUT2D eigenvalue weighted by molar-refractivity contribution is 0.100. The van der Waals surface area contributed by atoms with E-state index in [0.29, 0.717) is 17.5 Å². The summed E-state index contributed by atoms with van der Waals surface area (Å²) in [5, 5.41) is 3.70. The van der Waals surface area contributed by atoms with E-state index >= 15 is 0 Å². The van der Waals surface area contributed by atoms with E-state index < -0.39 is 0 Å². The second kappa shape index (κ2) is 15.1. The van der Waals surface area contributed by atoms with E-state index in [1.807, 2.05) is 23.9 Å². The molecule has 0 aromatic heterocycles. The molecule has 3 N–H and O–H groups in total. The lowest BCUT2D eigenvalue weighted by atomic mass is 9.93. The van der Waals surface area contributed by atoms with E-state index in [4.69, 9.17) is 5.73 Å². The Morgan fingerprint density at radius 2 is 1.75 bits per heavy atom. The van der Waals surface area contributed by atoms with Crippen LogP contribution in [0.25, 0.3) is 0 Å². The normalized spacial score (nSPS) is 13.3. The number of nitrogens with one attached hydrogen (secondary N) is 1. The Kier molecular flexibility index (Phi) is 13.6. The maximum absolute atomic E-state index is 11.9. The molecular weight excluding hydrogens is 384 g/mol. The second-order valence-corrected chi connectivity index (χ2v) is 9.56. The highest BCUT2D eigenvalue weighted by atomic mass is 32.2. The van der Waals surface area contributed by atoms with Crippen molar-refractivity contribution >= 4 is 35.1 Å². The largest absolute Gasteiger partial charge is 0.381 e. The van der Waals surface area contributed by atoms with Crippen molar-refractivity contribution in [2.45, 2.75) is 82.6 Å². The number of benzene rings is 1. The summed E-state index contributed by atoms with van der Waals surface area (Å²) >= 11 is 3.59. The maximum atomic E-state index is 11.9. The molecule has 1 amide bonds. The molecule has 28 heavy (non-hydrogen) atoms. The minimum absolute atomic E-state index is 0.360. The predicted molar refractivity (Wildman–Crippen MR) is 129 cm³/mol. The highest BCUT2D eigenvalue weighted by Crippen LogP contribution is 2.27. The molecule has 0 aliphatic heterocycles. The van der Waals surface area contributed by atoms with Crippen LogP contribution < -0.4 is 11.1 Å².